The van der Waals surface area contributed by atoms with E-state index in [2.05, 4.69) is 11.8 Å². The summed E-state index contributed by atoms with van der Waals surface area (Å²) in [4.78, 5) is 16.0. The smallest absolute Gasteiger partial charge is 0.263 e. The average Bonchev–Trinajstić information content (AvgIpc) is 2.96. The van der Waals surface area contributed by atoms with Crippen molar-refractivity contribution in [2.45, 2.75) is 44.6 Å². The Balaban J connectivity index is 2.00. The molecule has 1 amide bonds. The molecule has 1 fully saturated rings. The van der Waals surface area contributed by atoms with Crippen molar-refractivity contribution in [2.75, 3.05) is 13.7 Å². The quantitative estimate of drug-likeness (QED) is 0.870. The molecule has 1 aliphatic carbocycles. The minimum absolute atomic E-state index is 0.0780. The molecule has 2 rings (SSSR count). The first-order chi connectivity index (χ1) is 9.72. The molecule has 0 atom stereocenters. The van der Waals surface area contributed by atoms with Crippen molar-refractivity contribution >= 4 is 17.2 Å². The lowest BCUT2D eigenvalue weighted by Gasteiger charge is -2.30. The van der Waals surface area contributed by atoms with E-state index in [0.29, 0.717) is 12.5 Å². The lowest BCUT2D eigenvalue weighted by atomic mass is 9.94. The lowest BCUT2D eigenvalue weighted by Crippen LogP contribution is -2.37. The summed E-state index contributed by atoms with van der Waals surface area (Å²) >= 11 is 1.44. The van der Waals surface area contributed by atoms with Gasteiger partial charge in [-0.3, -0.25) is 4.79 Å². The van der Waals surface area contributed by atoms with Crippen LogP contribution in [0, 0.1) is 11.8 Å². The molecule has 1 saturated carbocycles. The Bertz CT molecular complexity index is 506. The van der Waals surface area contributed by atoms with Crippen LogP contribution in [0.15, 0.2) is 12.1 Å². The highest BCUT2D eigenvalue weighted by molar-refractivity contribution is 7.14. The van der Waals surface area contributed by atoms with Gasteiger partial charge in [0.05, 0.1) is 16.4 Å². The molecule has 108 valence electrons. The fraction of sp³-hybridized carbons (Fsp3) is 0.562. The second-order valence-electron chi connectivity index (χ2n) is 5.15. The predicted molar refractivity (Wildman–Crippen MR) is 81.9 cm³/mol. The molecule has 1 aliphatic rings. The van der Waals surface area contributed by atoms with Crippen LogP contribution in [-0.4, -0.2) is 35.6 Å². The van der Waals surface area contributed by atoms with Crippen LogP contribution in [0.5, 0.6) is 0 Å². The van der Waals surface area contributed by atoms with Crippen LogP contribution >= 0.6 is 11.3 Å². The van der Waals surface area contributed by atoms with Gasteiger partial charge in [0.15, 0.2) is 0 Å². The van der Waals surface area contributed by atoms with Crippen molar-refractivity contribution in [3.8, 4) is 11.8 Å². The topological polar surface area (TPSA) is 40.5 Å². The van der Waals surface area contributed by atoms with Crippen LogP contribution < -0.4 is 0 Å². The minimum Gasteiger partial charge on any atom is -0.395 e. The number of hydrogen-bond acceptors (Lipinski definition) is 3. The van der Waals surface area contributed by atoms with Crippen molar-refractivity contribution in [1.29, 1.82) is 0 Å². The zero-order valence-electron chi connectivity index (χ0n) is 11.9. The molecule has 0 saturated heterocycles. The van der Waals surface area contributed by atoms with Gasteiger partial charge in [0, 0.05) is 19.5 Å². The van der Waals surface area contributed by atoms with E-state index in [9.17, 15) is 4.79 Å². The van der Waals surface area contributed by atoms with E-state index in [0.717, 1.165) is 22.6 Å². The third-order valence-corrected chi connectivity index (χ3v) is 4.70. The van der Waals surface area contributed by atoms with Crippen molar-refractivity contribution < 1.29 is 9.90 Å². The minimum atomic E-state index is 0.0780. The monoisotopic (exact) mass is 291 g/mol. The van der Waals surface area contributed by atoms with Gasteiger partial charge in [-0.25, -0.2) is 0 Å². The van der Waals surface area contributed by atoms with Gasteiger partial charge in [-0.05, 0) is 25.0 Å². The molecular weight excluding hydrogens is 270 g/mol. The zero-order chi connectivity index (χ0) is 14.4. The molecule has 0 radical (unpaired) electrons. The van der Waals surface area contributed by atoms with E-state index in [1.165, 1.54) is 30.6 Å². The van der Waals surface area contributed by atoms with Gasteiger partial charge in [0.25, 0.3) is 5.91 Å². The molecule has 0 aromatic carbocycles. The Labute approximate surface area is 124 Å². The first kappa shape index (κ1) is 15.1. The van der Waals surface area contributed by atoms with Crippen molar-refractivity contribution in [3.05, 3.63) is 21.9 Å². The lowest BCUT2D eigenvalue weighted by molar-refractivity contribution is 0.0701. The zero-order valence-corrected chi connectivity index (χ0v) is 12.7. The Morgan fingerprint density at radius 1 is 1.40 bits per heavy atom. The summed E-state index contributed by atoms with van der Waals surface area (Å²) in [5, 5.41) is 8.69. The number of thiophene rings is 1. The molecule has 0 unspecified atom stereocenters. The van der Waals surface area contributed by atoms with Crippen LogP contribution in [0.1, 0.15) is 53.1 Å². The van der Waals surface area contributed by atoms with Gasteiger partial charge in [0.2, 0.25) is 0 Å². The number of carbonyl (C=O) groups excluding carboxylic acids is 1. The standard InChI is InChI=1S/C16H21NO2S/c1-17(13-7-3-2-4-8-13)16(19)15-11-10-14(20-15)9-5-6-12-18/h10-11,13,18H,2-4,6-8,12H2,1H3. The second kappa shape index (κ2) is 7.47. The number of carbonyl (C=O) groups is 1. The van der Waals surface area contributed by atoms with Crippen LogP contribution in [0.2, 0.25) is 0 Å². The van der Waals surface area contributed by atoms with Gasteiger partial charge >= 0.3 is 0 Å². The first-order valence-corrected chi connectivity index (χ1v) is 8.00. The number of amides is 1. The maximum Gasteiger partial charge on any atom is 0.263 e. The molecule has 1 aromatic heterocycles. The summed E-state index contributed by atoms with van der Waals surface area (Å²) in [6.45, 7) is 0.0780. The van der Waals surface area contributed by atoms with Gasteiger partial charge in [0.1, 0.15) is 0 Å². The Hall–Kier alpha value is -1.31. The molecule has 20 heavy (non-hydrogen) atoms. The van der Waals surface area contributed by atoms with Crippen molar-refractivity contribution in [3.63, 3.8) is 0 Å². The van der Waals surface area contributed by atoms with Crippen molar-refractivity contribution in [2.24, 2.45) is 0 Å². The van der Waals surface area contributed by atoms with Crippen molar-refractivity contribution in [1.82, 2.24) is 4.90 Å². The second-order valence-corrected chi connectivity index (χ2v) is 6.23. The van der Waals surface area contributed by atoms with Gasteiger partial charge < -0.3 is 10.0 Å². The van der Waals surface area contributed by atoms with Crippen LogP contribution in [0.4, 0.5) is 0 Å². The molecule has 1 aromatic rings. The van der Waals surface area contributed by atoms with Gasteiger partial charge in [-0.1, -0.05) is 31.1 Å². The number of nitrogens with zero attached hydrogens (tertiary/aromatic N) is 1. The number of hydrogen-bond donors (Lipinski definition) is 1. The molecule has 0 spiro atoms. The summed E-state index contributed by atoms with van der Waals surface area (Å²) in [5.41, 5.74) is 0. The largest absolute Gasteiger partial charge is 0.395 e. The number of aliphatic hydroxyl groups excluding tert-OH is 1. The molecular formula is C16H21NO2S. The van der Waals surface area contributed by atoms with E-state index in [-0.39, 0.29) is 12.5 Å². The van der Waals surface area contributed by atoms with E-state index >= 15 is 0 Å². The summed E-state index contributed by atoms with van der Waals surface area (Å²) in [6.07, 6.45) is 6.47. The number of rotatable bonds is 3. The van der Waals surface area contributed by atoms with E-state index < -0.39 is 0 Å². The molecule has 1 heterocycles. The third kappa shape index (κ3) is 3.84. The maximum absolute atomic E-state index is 12.4. The van der Waals surface area contributed by atoms with Gasteiger partial charge in [-0.15, -0.1) is 11.3 Å². The van der Waals surface area contributed by atoms with Crippen LogP contribution in [0.25, 0.3) is 0 Å². The summed E-state index contributed by atoms with van der Waals surface area (Å²) < 4.78 is 0. The fourth-order valence-electron chi connectivity index (χ4n) is 2.53. The molecule has 4 heteroatoms. The SMILES string of the molecule is CN(C(=O)c1ccc(C#CCCO)s1)C1CCCCC1. The molecule has 0 bridgehead atoms. The Morgan fingerprint density at radius 3 is 2.85 bits per heavy atom. The average molecular weight is 291 g/mol. The Kier molecular flexibility index (Phi) is 5.63. The number of aliphatic hydroxyl groups is 1. The predicted octanol–water partition coefficient (Wildman–Crippen LogP) is 2.89. The highest BCUT2D eigenvalue weighted by atomic mass is 32.1. The maximum atomic E-state index is 12.4. The molecule has 3 nitrogen and oxygen atoms in total. The third-order valence-electron chi connectivity index (χ3n) is 3.71. The van der Waals surface area contributed by atoms with E-state index in [4.69, 9.17) is 5.11 Å². The normalized spacial score (nSPS) is 15.5. The van der Waals surface area contributed by atoms with E-state index in [1.54, 1.807) is 0 Å². The fourth-order valence-corrected chi connectivity index (χ4v) is 3.40. The molecule has 1 N–H and O–H groups in total. The van der Waals surface area contributed by atoms with Gasteiger partial charge in [-0.2, -0.15) is 0 Å². The summed E-state index contributed by atoms with van der Waals surface area (Å²) in [7, 11) is 1.91. The highest BCUT2D eigenvalue weighted by Crippen LogP contribution is 2.24. The highest BCUT2D eigenvalue weighted by Gasteiger charge is 2.23. The van der Waals surface area contributed by atoms with Crippen LogP contribution in [-0.2, 0) is 0 Å². The molecule has 0 aliphatic heterocycles. The summed E-state index contributed by atoms with van der Waals surface area (Å²) in [5.74, 6) is 5.97. The van der Waals surface area contributed by atoms with Crippen LogP contribution in [0.3, 0.4) is 0 Å². The first-order valence-electron chi connectivity index (χ1n) is 7.19. The summed E-state index contributed by atoms with van der Waals surface area (Å²) in [6, 6.07) is 4.13. The Morgan fingerprint density at radius 2 is 2.15 bits per heavy atom. The van der Waals surface area contributed by atoms with E-state index in [1.807, 2.05) is 24.1 Å².